The summed E-state index contributed by atoms with van der Waals surface area (Å²) in [6.07, 6.45) is 0. The van der Waals surface area contributed by atoms with Crippen molar-refractivity contribution < 1.29 is 9.59 Å². The fraction of sp³-hybridized carbons (Fsp3) is 0.304. The van der Waals surface area contributed by atoms with Crippen molar-refractivity contribution in [3.63, 3.8) is 0 Å². The zero-order valence-electron chi connectivity index (χ0n) is 18.8. The van der Waals surface area contributed by atoms with Crippen molar-refractivity contribution in [3.8, 4) is 0 Å². The number of carbonyl (C=O) groups is 2. The summed E-state index contributed by atoms with van der Waals surface area (Å²) in [4.78, 5) is 25.0. The Bertz CT molecular complexity index is 1180. The van der Waals surface area contributed by atoms with E-state index in [9.17, 15) is 9.59 Å². The minimum Gasteiger partial charge on any atom is -0.342 e. The van der Waals surface area contributed by atoms with Crippen molar-refractivity contribution in [2.24, 2.45) is 0 Å². The standard InChI is InChI=1S/C23H25Cl2N5O2S/c1-5-30-21(15(4)26-22(32)16-7-9-18(24)19(25)11-16)28-29-23(30)33-12-20(31)27-17-8-6-13(2)14(3)10-17/h6-11,15H,5,12H2,1-4H3,(H,26,32)(H,27,31). The first-order valence-corrected chi connectivity index (χ1v) is 12.1. The second-order valence-corrected chi connectivity index (χ2v) is 9.30. The number of rotatable bonds is 8. The van der Waals surface area contributed by atoms with Gasteiger partial charge in [-0.2, -0.15) is 0 Å². The lowest BCUT2D eigenvalue weighted by molar-refractivity contribution is -0.113. The number of hydrogen-bond acceptors (Lipinski definition) is 5. The molecule has 33 heavy (non-hydrogen) atoms. The molecular weight excluding hydrogens is 481 g/mol. The molecule has 1 unspecified atom stereocenters. The first-order valence-electron chi connectivity index (χ1n) is 10.4. The van der Waals surface area contributed by atoms with Gasteiger partial charge >= 0.3 is 0 Å². The highest BCUT2D eigenvalue weighted by Gasteiger charge is 2.20. The van der Waals surface area contributed by atoms with Gasteiger partial charge in [0.1, 0.15) is 0 Å². The zero-order valence-corrected chi connectivity index (χ0v) is 21.1. The van der Waals surface area contributed by atoms with Crippen LogP contribution in [0.4, 0.5) is 5.69 Å². The van der Waals surface area contributed by atoms with Gasteiger partial charge in [-0.1, -0.05) is 41.0 Å². The summed E-state index contributed by atoms with van der Waals surface area (Å²) in [5, 5.41) is 15.6. The van der Waals surface area contributed by atoms with Gasteiger partial charge in [-0.25, -0.2) is 0 Å². The molecule has 2 amide bonds. The number of aryl methyl sites for hydroxylation is 2. The molecule has 1 aromatic heterocycles. The van der Waals surface area contributed by atoms with E-state index in [0.29, 0.717) is 33.1 Å². The molecule has 0 bridgehead atoms. The molecule has 2 N–H and O–H groups in total. The van der Waals surface area contributed by atoms with Crippen LogP contribution in [0.3, 0.4) is 0 Å². The smallest absolute Gasteiger partial charge is 0.251 e. The van der Waals surface area contributed by atoms with Gasteiger partial charge in [-0.15, -0.1) is 10.2 Å². The SMILES string of the molecule is CCn1c(SCC(=O)Nc2ccc(C)c(C)c2)nnc1C(C)NC(=O)c1ccc(Cl)c(Cl)c1. The molecule has 174 valence electrons. The molecule has 0 spiro atoms. The van der Waals surface area contributed by atoms with Crippen LogP contribution in [-0.2, 0) is 11.3 Å². The fourth-order valence-corrected chi connectivity index (χ4v) is 4.26. The Hall–Kier alpha value is -2.55. The van der Waals surface area contributed by atoms with Crippen LogP contribution in [0.25, 0.3) is 0 Å². The van der Waals surface area contributed by atoms with Crippen LogP contribution in [0.1, 0.15) is 47.2 Å². The quantitative estimate of drug-likeness (QED) is 0.397. The lowest BCUT2D eigenvalue weighted by atomic mass is 10.1. The summed E-state index contributed by atoms with van der Waals surface area (Å²) >= 11 is 13.2. The maximum atomic E-state index is 12.6. The number of benzene rings is 2. The van der Waals surface area contributed by atoms with Crippen LogP contribution in [0.15, 0.2) is 41.6 Å². The third kappa shape index (κ3) is 6.28. The third-order valence-electron chi connectivity index (χ3n) is 5.10. The minimum absolute atomic E-state index is 0.128. The normalized spacial score (nSPS) is 11.8. The number of thioether (sulfide) groups is 1. The van der Waals surface area contributed by atoms with Gasteiger partial charge < -0.3 is 15.2 Å². The Morgan fingerprint density at radius 3 is 2.48 bits per heavy atom. The number of aromatic nitrogens is 3. The van der Waals surface area contributed by atoms with Crippen LogP contribution in [0.2, 0.25) is 10.0 Å². The van der Waals surface area contributed by atoms with E-state index < -0.39 is 6.04 Å². The molecule has 2 aromatic carbocycles. The summed E-state index contributed by atoms with van der Waals surface area (Å²) in [6.45, 7) is 8.41. The van der Waals surface area contributed by atoms with Crippen molar-refractivity contribution in [2.75, 3.05) is 11.1 Å². The van der Waals surface area contributed by atoms with Crippen molar-refractivity contribution in [1.29, 1.82) is 0 Å². The average molecular weight is 506 g/mol. The zero-order chi connectivity index (χ0) is 24.1. The highest BCUT2D eigenvalue weighted by molar-refractivity contribution is 7.99. The van der Waals surface area contributed by atoms with Crippen molar-refractivity contribution >= 4 is 52.5 Å². The second-order valence-electron chi connectivity index (χ2n) is 7.54. The van der Waals surface area contributed by atoms with Crippen LogP contribution < -0.4 is 10.6 Å². The van der Waals surface area contributed by atoms with Crippen molar-refractivity contribution in [2.45, 2.75) is 45.4 Å². The van der Waals surface area contributed by atoms with Crippen LogP contribution in [0, 0.1) is 13.8 Å². The second kappa shape index (κ2) is 11.0. The number of nitrogens with one attached hydrogen (secondary N) is 2. The highest BCUT2D eigenvalue weighted by Crippen LogP contribution is 2.24. The number of nitrogens with zero attached hydrogens (tertiary/aromatic N) is 3. The number of halogens is 2. The van der Waals surface area contributed by atoms with E-state index in [2.05, 4.69) is 20.8 Å². The van der Waals surface area contributed by atoms with E-state index in [1.807, 2.05) is 50.5 Å². The molecular formula is C23H25Cl2N5O2S. The largest absolute Gasteiger partial charge is 0.342 e. The van der Waals surface area contributed by atoms with E-state index in [1.165, 1.54) is 23.4 Å². The van der Waals surface area contributed by atoms with E-state index in [-0.39, 0.29) is 17.6 Å². The summed E-state index contributed by atoms with van der Waals surface area (Å²) in [5.74, 6) is 0.364. The molecule has 0 aliphatic rings. The molecule has 1 atom stereocenters. The molecule has 3 aromatic rings. The van der Waals surface area contributed by atoms with Gasteiger partial charge in [0.05, 0.1) is 21.8 Å². The molecule has 1 heterocycles. The van der Waals surface area contributed by atoms with E-state index in [4.69, 9.17) is 23.2 Å². The van der Waals surface area contributed by atoms with Crippen molar-refractivity contribution in [1.82, 2.24) is 20.1 Å². The molecule has 3 rings (SSSR count). The Morgan fingerprint density at radius 1 is 1.06 bits per heavy atom. The van der Waals surface area contributed by atoms with Crippen LogP contribution >= 0.6 is 35.0 Å². The average Bonchev–Trinajstić information content (AvgIpc) is 3.19. The van der Waals surface area contributed by atoms with Crippen molar-refractivity contribution in [3.05, 3.63) is 69.0 Å². The lowest BCUT2D eigenvalue weighted by Gasteiger charge is -2.15. The number of anilines is 1. The summed E-state index contributed by atoms with van der Waals surface area (Å²) in [6, 6.07) is 10.1. The first kappa shape index (κ1) is 25.1. The molecule has 0 aliphatic heterocycles. The first-order chi connectivity index (χ1) is 15.7. The van der Waals surface area contributed by atoms with Gasteiger partial charge in [0.25, 0.3) is 5.91 Å². The molecule has 10 heteroatoms. The number of amides is 2. The molecule has 7 nitrogen and oxygen atoms in total. The Balaban J connectivity index is 1.63. The van der Waals surface area contributed by atoms with Crippen LogP contribution in [0.5, 0.6) is 0 Å². The third-order valence-corrected chi connectivity index (χ3v) is 6.81. The lowest BCUT2D eigenvalue weighted by Crippen LogP contribution is -2.28. The molecule has 0 radical (unpaired) electrons. The van der Waals surface area contributed by atoms with E-state index in [0.717, 1.165) is 11.3 Å². The Morgan fingerprint density at radius 2 is 1.82 bits per heavy atom. The van der Waals surface area contributed by atoms with Gasteiger partial charge in [0.2, 0.25) is 5.91 Å². The molecule has 0 saturated carbocycles. The number of carbonyl (C=O) groups excluding carboxylic acids is 2. The van der Waals surface area contributed by atoms with Gasteiger partial charge in [0.15, 0.2) is 11.0 Å². The van der Waals surface area contributed by atoms with E-state index >= 15 is 0 Å². The maximum Gasteiger partial charge on any atom is 0.251 e. The summed E-state index contributed by atoms with van der Waals surface area (Å²) < 4.78 is 1.88. The predicted molar refractivity (Wildman–Crippen MR) is 133 cm³/mol. The van der Waals surface area contributed by atoms with Gasteiger partial charge in [-0.3, -0.25) is 9.59 Å². The molecule has 0 fully saturated rings. The Labute approximate surface area is 207 Å². The van der Waals surface area contributed by atoms with Gasteiger partial charge in [-0.05, 0) is 69.2 Å². The summed E-state index contributed by atoms with van der Waals surface area (Å²) in [5.41, 5.74) is 3.45. The minimum atomic E-state index is -0.405. The van der Waals surface area contributed by atoms with Gasteiger partial charge in [0, 0.05) is 17.8 Å². The Kier molecular flexibility index (Phi) is 8.40. The summed E-state index contributed by atoms with van der Waals surface area (Å²) in [7, 11) is 0. The van der Waals surface area contributed by atoms with Crippen LogP contribution in [-0.4, -0.2) is 32.3 Å². The maximum absolute atomic E-state index is 12.6. The number of hydrogen-bond donors (Lipinski definition) is 2. The van der Waals surface area contributed by atoms with E-state index in [1.54, 1.807) is 12.1 Å². The predicted octanol–water partition coefficient (Wildman–Crippen LogP) is 5.44. The monoisotopic (exact) mass is 505 g/mol. The molecule has 0 saturated heterocycles. The fourth-order valence-electron chi connectivity index (χ4n) is 3.15. The topological polar surface area (TPSA) is 88.9 Å². The molecule has 0 aliphatic carbocycles. The highest BCUT2D eigenvalue weighted by atomic mass is 35.5.